The topological polar surface area (TPSA) is 12.0 Å². The van der Waals surface area contributed by atoms with E-state index in [1.54, 1.807) is 6.07 Å². The zero-order valence-electron chi connectivity index (χ0n) is 10.1. The van der Waals surface area contributed by atoms with Gasteiger partial charge >= 0.3 is 0 Å². The minimum absolute atomic E-state index is 0.253. The summed E-state index contributed by atoms with van der Waals surface area (Å²) in [5.74, 6) is -0.253. The molecule has 100 valence electrons. The summed E-state index contributed by atoms with van der Waals surface area (Å²) in [6, 6.07) is 9.01. The molecule has 0 saturated carbocycles. The largest absolute Gasteiger partial charge is 0.381 e. The number of nitrogens with one attached hydrogen (secondary N) is 1. The van der Waals surface area contributed by atoms with E-state index in [9.17, 15) is 4.39 Å². The molecule has 0 aliphatic carbocycles. The average Bonchev–Trinajstić information content (AvgIpc) is 2.36. The Balaban J connectivity index is 2.14. The molecule has 0 aromatic heterocycles. The number of anilines is 1. The second kappa shape index (κ2) is 6.25. The highest BCUT2D eigenvalue weighted by molar-refractivity contribution is 9.10. The summed E-state index contributed by atoms with van der Waals surface area (Å²) < 4.78 is 14.6. The van der Waals surface area contributed by atoms with Gasteiger partial charge in [-0.1, -0.05) is 17.7 Å². The summed E-state index contributed by atoms with van der Waals surface area (Å²) in [4.78, 5) is 0. The molecule has 1 nitrogen and oxygen atoms in total. The minimum atomic E-state index is -0.253. The maximum atomic E-state index is 13.3. The fraction of sp³-hybridized carbons (Fsp3) is 0.143. The Bertz CT molecular complexity index is 617. The van der Waals surface area contributed by atoms with Gasteiger partial charge < -0.3 is 5.32 Å². The molecule has 0 aliphatic rings. The van der Waals surface area contributed by atoms with Crippen molar-refractivity contribution in [3.63, 3.8) is 0 Å². The van der Waals surface area contributed by atoms with Crippen LogP contribution < -0.4 is 5.32 Å². The summed E-state index contributed by atoms with van der Waals surface area (Å²) in [5, 5.41) is 3.97. The predicted octanol–water partition coefficient (Wildman–Crippen LogP) is 5.92. The van der Waals surface area contributed by atoms with Crippen molar-refractivity contribution in [2.45, 2.75) is 13.5 Å². The van der Waals surface area contributed by atoms with E-state index in [1.807, 2.05) is 25.1 Å². The molecule has 0 bridgehead atoms. The predicted molar refractivity (Wildman–Crippen MR) is 85.3 cm³/mol. The number of benzene rings is 2. The van der Waals surface area contributed by atoms with E-state index in [1.165, 1.54) is 6.07 Å². The molecule has 0 fully saturated rings. The zero-order valence-corrected chi connectivity index (χ0v) is 14.0. The molecular weight excluding hydrogens is 396 g/mol. The van der Waals surface area contributed by atoms with E-state index in [-0.39, 0.29) is 5.82 Å². The minimum Gasteiger partial charge on any atom is -0.381 e. The first-order valence-corrected chi connectivity index (χ1v) is 7.57. The molecule has 1 N–H and O–H groups in total. The average molecular weight is 408 g/mol. The van der Waals surface area contributed by atoms with Crippen LogP contribution in [0.3, 0.4) is 0 Å². The second-order valence-corrected chi connectivity index (χ2v) is 6.30. The lowest BCUT2D eigenvalue weighted by molar-refractivity contribution is 0.620. The van der Waals surface area contributed by atoms with Crippen molar-refractivity contribution in [2.24, 2.45) is 0 Å². The van der Waals surface area contributed by atoms with E-state index in [2.05, 4.69) is 37.2 Å². The molecule has 2 aromatic carbocycles. The lowest BCUT2D eigenvalue weighted by Gasteiger charge is -2.11. The molecule has 5 heteroatoms. The van der Waals surface area contributed by atoms with Crippen molar-refractivity contribution in [2.75, 3.05) is 5.32 Å². The molecule has 19 heavy (non-hydrogen) atoms. The third-order valence-corrected chi connectivity index (χ3v) is 4.56. The van der Waals surface area contributed by atoms with E-state index in [0.717, 1.165) is 21.3 Å². The van der Waals surface area contributed by atoms with Crippen LogP contribution in [0.4, 0.5) is 10.1 Å². The first-order valence-electron chi connectivity index (χ1n) is 5.61. The molecule has 2 aromatic rings. The Morgan fingerprint density at radius 1 is 1.16 bits per heavy atom. The Kier molecular flexibility index (Phi) is 4.87. The van der Waals surface area contributed by atoms with Crippen molar-refractivity contribution in [3.8, 4) is 0 Å². The maximum Gasteiger partial charge on any atom is 0.137 e. The van der Waals surface area contributed by atoms with Crippen LogP contribution in [-0.2, 0) is 6.54 Å². The second-order valence-electron chi connectivity index (χ2n) is 4.18. The monoisotopic (exact) mass is 405 g/mol. The lowest BCUT2D eigenvalue weighted by atomic mass is 10.1. The molecule has 0 spiro atoms. The van der Waals surface area contributed by atoms with E-state index >= 15 is 0 Å². The summed E-state index contributed by atoms with van der Waals surface area (Å²) in [6.45, 7) is 2.52. The van der Waals surface area contributed by atoms with Crippen molar-refractivity contribution >= 4 is 49.1 Å². The van der Waals surface area contributed by atoms with Crippen LogP contribution in [0.25, 0.3) is 0 Å². The summed E-state index contributed by atoms with van der Waals surface area (Å²) in [5.41, 5.74) is 2.86. The van der Waals surface area contributed by atoms with Crippen LogP contribution in [-0.4, -0.2) is 0 Å². The van der Waals surface area contributed by atoms with Crippen molar-refractivity contribution in [1.82, 2.24) is 0 Å². The van der Waals surface area contributed by atoms with Crippen molar-refractivity contribution < 1.29 is 4.39 Å². The Labute approximate surface area is 133 Å². The molecule has 0 atom stereocenters. The number of hydrogen-bond acceptors (Lipinski definition) is 1. The van der Waals surface area contributed by atoms with Gasteiger partial charge in [0.05, 0.1) is 9.50 Å². The Morgan fingerprint density at radius 2 is 1.89 bits per heavy atom. The molecular formula is C14H11Br2ClFN. The number of rotatable bonds is 3. The molecule has 0 saturated heterocycles. The van der Waals surface area contributed by atoms with Gasteiger partial charge in [0.2, 0.25) is 0 Å². The number of hydrogen-bond donors (Lipinski definition) is 1. The third-order valence-electron chi connectivity index (χ3n) is 2.73. The Hall–Kier alpha value is -0.580. The van der Waals surface area contributed by atoms with Crippen LogP contribution in [0.1, 0.15) is 11.1 Å². The van der Waals surface area contributed by atoms with Crippen LogP contribution in [0.15, 0.2) is 39.3 Å². The van der Waals surface area contributed by atoms with Gasteiger partial charge in [-0.25, -0.2) is 4.39 Å². The van der Waals surface area contributed by atoms with Gasteiger partial charge in [0, 0.05) is 16.7 Å². The van der Waals surface area contributed by atoms with Gasteiger partial charge in [0.15, 0.2) is 0 Å². The quantitative estimate of drug-likeness (QED) is 0.665. The van der Waals surface area contributed by atoms with E-state index < -0.39 is 0 Å². The third kappa shape index (κ3) is 3.71. The first-order chi connectivity index (χ1) is 8.97. The number of halogens is 4. The molecule has 0 radical (unpaired) electrons. The molecule has 0 aliphatic heterocycles. The highest BCUT2D eigenvalue weighted by Gasteiger charge is 2.05. The fourth-order valence-corrected chi connectivity index (χ4v) is 2.57. The summed E-state index contributed by atoms with van der Waals surface area (Å²) >= 11 is 12.5. The first kappa shape index (κ1) is 14.8. The van der Waals surface area contributed by atoms with Gasteiger partial charge in [-0.05, 0) is 74.2 Å². The van der Waals surface area contributed by atoms with Gasteiger partial charge in [-0.2, -0.15) is 0 Å². The van der Waals surface area contributed by atoms with Gasteiger partial charge in [0.1, 0.15) is 5.82 Å². The van der Waals surface area contributed by atoms with Crippen LogP contribution in [0, 0.1) is 12.7 Å². The van der Waals surface area contributed by atoms with Crippen molar-refractivity contribution in [3.05, 3.63) is 61.2 Å². The van der Waals surface area contributed by atoms with Crippen molar-refractivity contribution in [1.29, 1.82) is 0 Å². The standard InChI is InChI=1S/C14H11Br2ClFN/c1-8-4-13(18)11(16)6-14(8)19-7-9-2-3-12(17)10(15)5-9/h2-6,19H,7H2,1H3. The van der Waals surface area contributed by atoms with Gasteiger partial charge in [-0.15, -0.1) is 0 Å². The summed E-state index contributed by atoms with van der Waals surface area (Å²) in [6.07, 6.45) is 0. The number of aryl methyl sites for hydroxylation is 1. The van der Waals surface area contributed by atoms with Gasteiger partial charge in [-0.3, -0.25) is 0 Å². The molecule has 0 unspecified atom stereocenters. The molecule has 0 amide bonds. The van der Waals surface area contributed by atoms with Gasteiger partial charge in [0.25, 0.3) is 0 Å². The SMILES string of the molecule is Cc1cc(F)c(Br)cc1NCc1ccc(Cl)c(Br)c1. The van der Waals surface area contributed by atoms with E-state index in [4.69, 9.17) is 11.6 Å². The van der Waals surface area contributed by atoms with Crippen LogP contribution in [0.2, 0.25) is 5.02 Å². The highest BCUT2D eigenvalue weighted by atomic mass is 79.9. The smallest absolute Gasteiger partial charge is 0.137 e. The summed E-state index contributed by atoms with van der Waals surface area (Å²) in [7, 11) is 0. The zero-order chi connectivity index (χ0) is 14.0. The highest BCUT2D eigenvalue weighted by Crippen LogP contribution is 2.26. The maximum absolute atomic E-state index is 13.3. The van der Waals surface area contributed by atoms with Crippen LogP contribution in [0.5, 0.6) is 0 Å². The molecule has 0 heterocycles. The lowest BCUT2D eigenvalue weighted by Crippen LogP contribution is -2.01. The van der Waals surface area contributed by atoms with Crippen LogP contribution >= 0.6 is 43.5 Å². The Morgan fingerprint density at radius 3 is 2.58 bits per heavy atom. The normalized spacial score (nSPS) is 10.6. The van der Waals surface area contributed by atoms with E-state index in [0.29, 0.717) is 16.0 Å². The molecule has 2 rings (SSSR count). The fourth-order valence-electron chi connectivity index (χ4n) is 1.68.